The fourth-order valence-corrected chi connectivity index (χ4v) is 1.53. The number of benzene rings is 1. The molecule has 0 atom stereocenters. The van der Waals surface area contributed by atoms with Crippen LogP contribution in [-0.4, -0.2) is 5.11 Å². The highest BCUT2D eigenvalue weighted by Crippen LogP contribution is 2.30. The molecule has 0 amide bonds. The summed E-state index contributed by atoms with van der Waals surface area (Å²) in [5.41, 5.74) is 0.672. The van der Waals surface area contributed by atoms with Gasteiger partial charge in [0.25, 0.3) is 0 Å². The van der Waals surface area contributed by atoms with Crippen LogP contribution in [0.1, 0.15) is 5.56 Å². The lowest BCUT2D eigenvalue weighted by Gasteiger charge is -2.02. The van der Waals surface area contributed by atoms with Gasteiger partial charge in [0.15, 0.2) is 11.6 Å². The molecule has 0 aliphatic carbocycles. The average molecular weight is 239 g/mol. The second kappa shape index (κ2) is 3.41. The van der Waals surface area contributed by atoms with Gasteiger partial charge in [0.1, 0.15) is 0 Å². The minimum Gasteiger partial charge on any atom is -0.504 e. The molecule has 60 valence electrons. The number of alkyl halides is 1. The Labute approximate surface area is 76.9 Å². The zero-order valence-corrected chi connectivity index (χ0v) is 7.78. The maximum atomic E-state index is 12.6. The second-order valence-corrected chi connectivity index (χ2v) is 3.06. The van der Waals surface area contributed by atoms with Crippen molar-refractivity contribution < 1.29 is 9.50 Å². The van der Waals surface area contributed by atoms with Crippen LogP contribution in [0.15, 0.2) is 16.6 Å². The zero-order valence-electron chi connectivity index (χ0n) is 5.44. The van der Waals surface area contributed by atoms with E-state index in [0.29, 0.717) is 10.0 Å². The standard InChI is InChI=1S/C7H5BrClFO/c8-6-4(3-9)1-2-5(10)7(6)11/h1-2,11H,3H2. The largest absolute Gasteiger partial charge is 0.504 e. The van der Waals surface area contributed by atoms with E-state index in [0.717, 1.165) is 0 Å². The van der Waals surface area contributed by atoms with Crippen LogP contribution in [0, 0.1) is 5.82 Å². The lowest BCUT2D eigenvalue weighted by atomic mass is 10.2. The van der Waals surface area contributed by atoms with E-state index in [4.69, 9.17) is 16.7 Å². The number of rotatable bonds is 1. The molecular weight excluding hydrogens is 234 g/mol. The molecule has 0 spiro atoms. The Morgan fingerprint density at radius 1 is 1.55 bits per heavy atom. The predicted molar refractivity (Wildman–Crippen MR) is 45.3 cm³/mol. The zero-order chi connectivity index (χ0) is 8.43. The highest BCUT2D eigenvalue weighted by atomic mass is 79.9. The maximum absolute atomic E-state index is 12.6. The number of phenols is 1. The van der Waals surface area contributed by atoms with E-state index in [-0.39, 0.29) is 11.6 Å². The molecule has 0 unspecified atom stereocenters. The van der Waals surface area contributed by atoms with Crippen molar-refractivity contribution in [1.29, 1.82) is 0 Å². The summed E-state index contributed by atoms with van der Waals surface area (Å²) in [6, 6.07) is 2.70. The van der Waals surface area contributed by atoms with E-state index in [2.05, 4.69) is 15.9 Å². The van der Waals surface area contributed by atoms with E-state index >= 15 is 0 Å². The predicted octanol–water partition coefficient (Wildman–Crippen LogP) is 3.03. The maximum Gasteiger partial charge on any atom is 0.166 e. The van der Waals surface area contributed by atoms with Crippen LogP contribution in [0.4, 0.5) is 4.39 Å². The minimum absolute atomic E-state index is 0.244. The molecule has 1 N–H and O–H groups in total. The van der Waals surface area contributed by atoms with Crippen molar-refractivity contribution in [3.8, 4) is 5.75 Å². The Hall–Kier alpha value is -0.280. The van der Waals surface area contributed by atoms with Crippen LogP contribution in [0.3, 0.4) is 0 Å². The van der Waals surface area contributed by atoms with Gasteiger partial charge in [-0.15, -0.1) is 11.6 Å². The first-order chi connectivity index (χ1) is 5.16. The van der Waals surface area contributed by atoms with Crippen molar-refractivity contribution in [3.05, 3.63) is 28.0 Å². The van der Waals surface area contributed by atoms with Crippen molar-refractivity contribution >= 4 is 27.5 Å². The molecule has 11 heavy (non-hydrogen) atoms. The van der Waals surface area contributed by atoms with Gasteiger partial charge in [-0.3, -0.25) is 0 Å². The van der Waals surface area contributed by atoms with Gasteiger partial charge in [-0.05, 0) is 27.6 Å². The van der Waals surface area contributed by atoms with Gasteiger partial charge in [0.2, 0.25) is 0 Å². The fourth-order valence-electron chi connectivity index (χ4n) is 0.686. The molecule has 0 aromatic heterocycles. The number of hydrogen-bond acceptors (Lipinski definition) is 1. The van der Waals surface area contributed by atoms with Crippen LogP contribution in [0.2, 0.25) is 0 Å². The van der Waals surface area contributed by atoms with Crippen molar-refractivity contribution in [3.63, 3.8) is 0 Å². The molecule has 0 radical (unpaired) electrons. The lowest BCUT2D eigenvalue weighted by Crippen LogP contribution is -1.84. The summed E-state index contributed by atoms with van der Waals surface area (Å²) in [7, 11) is 0. The molecule has 0 fully saturated rings. The second-order valence-electron chi connectivity index (χ2n) is 2.00. The third-order valence-corrected chi connectivity index (χ3v) is 2.46. The number of halogens is 3. The van der Waals surface area contributed by atoms with E-state index in [9.17, 15) is 4.39 Å². The molecule has 1 nitrogen and oxygen atoms in total. The molecule has 4 heteroatoms. The fraction of sp³-hybridized carbons (Fsp3) is 0.143. The van der Waals surface area contributed by atoms with Gasteiger partial charge in [0.05, 0.1) is 4.47 Å². The normalized spacial score (nSPS) is 10.1. The molecule has 0 saturated heterocycles. The molecule has 0 saturated carbocycles. The van der Waals surface area contributed by atoms with E-state index in [1.807, 2.05) is 0 Å². The summed E-state index contributed by atoms with van der Waals surface area (Å²) in [4.78, 5) is 0. The quantitative estimate of drug-likeness (QED) is 0.747. The molecule has 1 aromatic carbocycles. The molecule has 1 rings (SSSR count). The Balaban J connectivity index is 3.25. The molecule has 0 aliphatic rings. The monoisotopic (exact) mass is 238 g/mol. The van der Waals surface area contributed by atoms with Crippen molar-refractivity contribution in [1.82, 2.24) is 0 Å². The summed E-state index contributed by atoms with van der Waals surface area (Å²) in [6.07, 6.45) is 0. The third kappa shape index (κ3) is 1.65. The van der Waals surface area contributed by atoms with Gasteiger partial charge in [-0.2, -0.15) is 0 Å². The van der Waals surface area contributed by atoms with Gasteiger partial charge < -0.3 is 5.11 Å². The lowest BCUT2D eigenvalue weighted by molar-refractivity contribution is 0.428. The summed E-state index contributed by atoms with van der Waals surface area (Å²) >= 11 is 8.51. The number of aromatic hydroxyl groups is 1. The van der Waals surface area contributed by atoms with Crippen LogP contribution in [-0.2, 0) is 5.88 Å². The van der Waals surface area contributed by atoms with Gasteiger partial charge in [0, 0.05) is 5.88 Å². The first-order valence-corrected chi connectivity index (χ1v) is 4.21. The highest BCUT2D eigenvalue weighted by Gasteiger charge is 2.08. The number of hydrogen-bond donors (Lipinski definition) is 1. The van der Waals surface area contributed by atoms with Gasteiger partial charge in [-0.1, -0.05) is 6.07 Å². The molecular formula is C7H5BrClFO. The first kappa shape index (κ1) is 8.81. The molecule has 0 bridgehead atoms. The van der Waals surface area contributed by atoms with Crippen molar-refractivity contribution in [2.75, 3.05) is 0 Å². The Kier molecular flexibility index (Phi) is 2.73. The van der Waals surface area contributed by atoms with Crippen LogP contribution in [0.5, 0.6) is 5.75 Å². The molecule has 1 aromatic rings. The van der Waals surface area contributed by atoms with Crippen LogP contribution < -0.4 is 0 Å². The Morgan fingerprint density at radius 3 is 2.73 bits per heavy atom. The first-order valence-electron chi connectivity index (χ1n) is 2.88. The summed E-state index contributed by atoms with van der Waals surface area (Å²) in [5.74, 6) is -0.789. The van der Waals surface area contributed by atoms with E-state index in [1.54, 1.807) is 0 Å². The topological polar surface area (TPSA) is 20.2 Å². The van der Waals surface area contributed by atoms with Crippen LogP contribution >= 0.6 is 27.5 Å². The minimum atomic E-state index is -0.647. The van der Waals surface area contributed by atoms with Crippen LogP contribution in [0.25, 0.3) is 0 Å². The smallest absolute Gasteiger partial charge is 0.166 e. The number of phenolic OH excluding ortho intramolecular Hbond substituents is 1. The van der Waals surface area contributed by atoms with Gasteiger partial charge in [-0.25, -0.2) is 4.39 Å². The summed E-state index contributed by atoms with van der Waals surface area (Å²) in [6.45, 7) is 0. The van der Waals surface area contributed by atoms with Crippen molar-refractivity contribution in [2.45, 2.75) is 5.88 Å². The molecule has 0 heterocycles. The van der Waals surface area contributed by atoms with E-state index < -0.39 is 5.82 Å². The van der Waals surface area contributed by atoms with Gasteiger partial charge >= 0.3 is 0 Å². The SMILES string of the molecule is Oc1c(F)ccc(CCl)c1Br. The summed E-state index contributed by atoms with van der Waals surface area (Å²) < 4.78 is 12.9. The Morgan fingerprint density at radius 2 is 2.18 bits per heavy atom. The van der Waals surface area contributed by atoms with E-state index in [1.165, 1.54) is 12.1 Å². The molecule has 0 aliphatic heterocycles. The summed E-state index contributed by atoms with van der Waals surface area (Å²) in [5, 5.41) is 9.04. The average Bonchev–Trinajstić information content (AvgIpc) is 2.01. The third-order valence-electron chi connectivity index (χ3n) is 1.29. The Bertz CT molecular complexity index is 277. The van der Waals surface area contributed by atoms with Crippen molar-refractivity contribution in [2.24, 2.45) is 0 Å². The highest BCUT2D eigenvalue weighted by molar-refractivity contribution is 9.10.